The zero-order valence-corrected chi connectivity index (χ0v) is 18.3. The van der Waals surface area contributed by atoms with Crippen LogP contribution in [0.3, 0.4) is 0 Å². The number of carbonyl (C=O) groups is 1. The predicted molar refractivity (Wildman–Crippen MR) is 122 cm³/mol. The summed E-state index contributed by atoms with van der Waals surface area (Å²) < 4.78 is 6.03. The number of ether oxygens (including phenoxy) is 1. The van der Waals surface area contributed by atoms with Gasteiger partial charge in [0.25, 0.3) is 5.91 Å². The zero-order chi connectivity index (χ0) is 23.7. The van der Waals surface area contributed by atoms with Crippen molar-refractivity contribution in [2.24, 2.45) is 0 Å². The molecule has 0 atom stereocenters. The average Bonchev–Trinajstić information content (AvgIpc) is 3.54. The first kappa shape index (κ1) is 21.1. The average molecular weight is 449 g/mol. The maximum Gasteiger partial charge on any atom is 0.272 e. The maximum atomic E-state index is 13.2. The van der Waals surface area contributed by atoms with Crippen LogP contribution in [0.5, 0.6) is 5.88 Å². The van der Waals surface area contributed by atoms with Gasteiger partial charge in [-0.2, -0.15) is 15.6 Å². The van der Waals surface area contributed by atoms with Crippen LogP contribution in [0.15, 0.2) is 48.8 Å². The summed E-state index contributed by atoms with van der Waals surface area (Å²) in [6, 6.07) is 14.9. The highest BCUT2D eigenvalue weighted by molar-refractivity contribution is 5.93. The Balaban J connectivity index is 1.44. The van der Waals surface area contributed by atoms with Gasteiger partial charge in [0.2, 0.25) is 5.88 Å². The van der Waals surface area contributed by atoms with Gasteiger partial charge < -0.3 is 9.64 Å². The van der Waals surface area contributed by atoms with E-state index in [1.54, 1.807) is 43.7 Å². The molecule has 0 spiro atoms. The van der Waals surface area contributed by atoms with Crippen molar-refractivity contribution in [1.29, 1.82) is 10.5 Å². The lowest BCUT2D eigenvalue weighted by Gasteiger charge is -2.18. The van der Waals surface area contributed by atoms with Crippen molar-refractivity contribution in [3.63, 3.8) is 0 Å². The third kappa shape index (κ3) is 4.03. The molecule has 3 heterocycles. The largest absolute Gasteiger partial charge is 0.474 e. The van der Waals surface area contributed by atoms with Crippen LogP contribution in [0.4, 0.5) is 0 Å². The SMILES string of the molecule is CN(Cc1cnc(C#N)c2cn[nH]c12)C(=O)c1ccc(-c2cccc(C#N)c2)c(OC2CC2)n1. The Labute approximate surface area is 195 Å². The van der Waals surface area contributed by atoms with Crippen molar-refractivity contribution in [3.8, 4) is 29.1 Å². The molecule has 1 aromatic carbocycles. The lowest BCUT2D eigenvalue weighted by Crippen LogP contribution is -2.27. The molecule has 3 aromatic heterocycles. The van der Waals surface area contributed by atoms with Crippen LogP contribution in [0.1, 0.15) is 40.2 Å². The number of carbonyl (C=O) groups excluding carboxylic acids is 1. The van der Waals surface area contributed by atoms with E-state index in [0.29, 0.717) is 22.3 Å². The number of pyridine rings is 2. The number of nitrogens with zero attached hydrogens (tertiary/aromatic N) is 6. The van der Waals surface area contributed by atoms with Gasteiger partial charge in [0, 0.05) is 30.9 Å². The number of rotatable bonds is 6. The van der Waals surface area contributed by atoms with E-state index in [2.05, 4.69) is 26.2 Å². The number of aromatic amines is 1. The number of hydrogen-bond donors (Lipinski definition) is 1. The highest BCUT2D eigenvalue weighted by Gasteiger charge is 2.27. The van der Waals surface area contributed by atoms with Gasteiger partial charge in [0.1, 0.15) is 17.9 Å². The van der Waals surface area contributed by atoms with Crippen molar-refractivity contribution in [2.45, 2.75) is 25.5 Å². The minimum Gasteiger partial charge on any atom is -0.474 e. The molecule has 34 heavy (non-hydrogen) atoms. The molecular formula is C25H19N7O2. The highest BCUT2D eigenvalue weighted by atomic mass is 16.5. The van der Waals surface area contributed by atoms with Crippen LogP contribution in [0.2, 0.25) is 0 Å². The standard InChI is InChI=1S/C25H19N7O2/c1-32(14-17-12-28-22(11-27)20-13-29-31-23(17)20)25(33)21-8-7-19(24(30-21)34-18-5-6-18)16-4-2-3-15(9-16)10-26/h2-4,7-9,12-13,18H,5-6,14H2,1H3,(H,29,31). The van der Waals surface area contributed by atoms with Gasteiger partial charge in [-0.25, -0.2) is 9.97 Å². The molecule has 0 unspecified atom stereocenters. The monoisotopic (exact) mass is 449 g/mol. The van der Waals surface area contributed by atoms with Gasteiger partial charge in [-0.15, -0.1) is 0 Å². The number of hydrogen-bond acceptors (Lipinski definition) is 7. The van der Waals surface area contributed by atoms with Crippen molar-refractivity contribution >= 4 is 16.8 Å². The molecule has 166 valence electrons. The van der Waals surface area contributed by atoms with Gasteiger partial charge in [-0.05, 0) is 42.7 Å². The first-order valence-electron chi connectivity index (χ1n) is 10.7. The van der Waals surface area contributed by atoms with Gasteiger partial charge in [-0.1, -0.05) is 12.1 Å². The maximum absolute atomic E-state index is 13.2. The third-order valence-electron chi connectivity index (χ3n) is 5.61. The van der Waals surface area contributed by atoms with Crippen LogP contribution < -0.4 is 4.74 Å². The van der Waals surface area contributed by atoms with Crippen molar-refractivity contribution < 1.29 is 9.53 Å². The Bertz CT molecular complexity index is 1490. The van der Waals surface area contributed by atoms with Crippen molar-refractivity contribution in [3.05, 3.63) is 71.3 Å². The predicted octanol–water partition coefficient (Wildman–Crippen LogP) is 3.58. The van der Waals surface area contributed by atoms with Gasteiger partial charge >= 0.3 is 0 Å². The second-order valence-corrected chi connectivity index (χ2v) is 8.12. The molecule has 0 radical (unpaired) electrons. The molecule has 1 aliphatic rings. The molecule has 0 bridgehead atoms. The third-order valence-corrected chi connectivity index (χ3v) is 5.61. The molecule has 1 saturated carbocycles. The Hall–Kier alpha value is -4.76. The highest BCUT2D eigenvalue weighted by Crippen LogP contribution is 2.34. The smallest absolute Gasteiger partial charge is 0.272 e. The minimum absolute atomic E-state index is 0.0897. The second-order valence-electron chi connectivity index (χ2n) is 8.12. The molecule has 1 amide bonds. The number of nitrogens with one attached hydrogen (secondary N) is 1. The Morgan fingerprint density at radius 3 is 2.82 bits per heavy atom. The van der Waals surface area contributed by atoms with E-state index in [0.717, 1.165) is 29.5 Å². The molecule has 9 heteroatoms. The van der Waals surface area contributed by atoms with E-state index in [1.165, 1.54) is 4.90 Å². The van der Waals surface area contributed by atoms with Crippen molar-refractivity contribution in [1.82, 2.24) is 25.1 Å². The lowest BCUT2D eigenvalue weighted by molar-refractivity contribution is 0.0778. The number of H-pyrrole nitrogens is 1. The van der Waals surface area contributed by atoms with Crippen LogP contribution in [0, 0.1) is 22.7 Å². The normalized spacial score (nSPS) is 12.7. The Kier molecular flexibility index (Phi) is 5.36. The van der Waals surface area contributed by atoms with Crippen LogP contribution in [-0.4, -0.2) is 44.1 Å². The van der Waals surface area contributed by atoms with E-state index in [-0.39, 0.29) is 29.9 Å². The van der Waals surface area contributed by atoms with Gasteiger partial charge in [-0.3, -0.25) is 9.89 Å². The lowest BCUT2D eigenvalue weighted by atomic mass is 10.0. The molecule has 1 N–H and O–H groups in total. The molecule has 1 fully saturated rings. The zero-order valence-electron chi connectivity index (χ0n) is 18.3. The van der Waals surface area contributed by atoms with Crippen LogP contribution in [0.25, 0.3) is 22.0 Å². The quantitative estimate of drug-likeness (QED) is 0.476. The fourth-order valence-electron chi connectivity index (χ4n) is 3.69. The second kappa shape index (κ2) is 8.64. The summed E-state index contributed by atoms with van der Waals surface area (Å²) in [6.45, 7) is 0.253. The van der Waals surface area contributed by atoms with E-state index >= 15 is 0 Å². The molecule has 5 rings (SSSR count). The number of benzene rings is 1. The van der Waals surface area contributed by atoms with Gasteiger partial charge in [0.15, 0.2) is 5.69 Å². The molecule has 9 nitrogen and oxygen atoms in total. The fraction of sp³-hybridized carbons (Fsp3) is 0.200. The summed E-state index contributed by atoms with van der Waals surface area (Å²) in [6.07, 6.45) is 5.11. The van der Waals surface area contributed by atoms with E-state index < -0.39 is 0 Å². The summed E-state index contributed by atoms with van der Waals surface area (Å²) in [7, 11) is 1.68. The molecular weight excluding hydrogens is 430 g/mol. The minimum atomic E-state index is -0.282. The van der Waals surface area contributed by atoms with Crippen LogP contribution >= 0.6 is 0 Å². The summed E-state index contributed by atoms with van der Waals surface area (Å²) in [5.74, 6) is 0.0998. The number of amides is 1. The molecule has 1 aliphatic carbocycles. The summed E-state index contributed by atoms with van der Waals surface area (Å²) >= 11 is 0. The molecule has 0 aliphatic heterocycles. The number of aromatic nitrogens is 4. The first-order valence-corrected chi connectivity index (χ1v) is 10.7. The summed E-state index contributed by atoms with van der Waals surface area (Å²) in [4.78, 5) is 23.5. The van der Waals surface area contributed by atoms with Crippen molar-refractivity contribution in [2.75, 3.05) is 7.05 Å². The molecule has 4 aromatic rings. The fourth-order valence-corrected chi connectivity index (χ4v) is 3.69. The molecule has 0 saturated heterocycles. The van der Waals surface area contributed by atoms with Crippen LogP contribution in [-0.2, 0) is 6.54 Å². The van der Waals surface area contributed by atoms with Gasteiger partial charge in [0.05, 0.1) is 28.7 Å². The van der Waals surface area contributed by atoms with E-state index in [9.17, 15) is 15.3 Å². The van der Waals surface area contributed by atoms with E-state index in [1.807, 2.05) is 18.2 Å². The number of nitriles is 2. The first-order chi connectivity index (χ1) is 16.6. The topological polar surface area (TPSA) is 132 Å². The summed E-state index contributed by atoms with van der Waals surface area (Å²) in [5.41, 5.74) is 4.02. The Morgan fingerprint density at radius 1 is 1.21 bits per heavy atom. The van der Waals surface area contributed by atoms with E-state index in [4.69, 9.17) is 4.74 Å². The summed E-state index contributed by atoms with van der Waals surface area (Å²) in [5, 5.41) is 26.0. The number of fused-ring (bicyclic) bond motifs is 1. The Morgan fingerprint density at radius 2 is 2.06 bits per heavy atom.